The van der Waals surface area contributed by atoms with Gasteiger partial charge in [-0.25, -0.2) is 0 Å². The van der Waals surface area contributed by atoms with Gasteiger partial charge in [0.1, 0.15) is 5.56 Å². The van der Waals surface area contributed by atoms with E-state index in [0.29, 0.717) is 0 Å². The summed E-state index contributed by atoms with van der Waals surface area (Å²) in [6.07, 6.45) is 0. The van der Waals surface area contributed by atoms with Crippen LogP contribution < -0.4 is 5.19 Å². The van der Waals surface area contributed by atoms with Crippen molar-refractivity contribution in [3.63, 3.8) is 0 Å². The summed E-state index contributed by atoms with van der Waals surface area (Å²) in [5, 5.41) is 1.50. The van der Waals surface area contributed by atoms with Crippen LogP contribution in [0.2, 0.25) is 19.6 Å². The Bertz CT molecular complexity index is 228. The molecule has 1 rings (SSSR count). The molecule has 1 aromatic carbocycles. The van der Waals surface area contributed by atoms with Gasteiger partial charge in [0.2, 0.25) is 0 Å². The topological polar surface area (TPSA) is 0 Å². The molecule has 0 heterocycles. The van der Waals surface area contributed by atoms with Crippen LogP contribution in [0.5, 0.6) is 0 Å². The lowest BCUT2D eigenvalue weighted by Gasteiger charge is -2.13. The average molecular weight is 163 g/mol. The van der Waals surface area contributed by atoms with Gasteiger partial charge in [0, 0.05) is 19.1 Å². The molecule has 0 fully saturated rings. The first-order valence-corrected chi connectivity index (χ1v) is 7.42. The Hall–Kier alpha value is -0.693. The molecule has 0 aliphatic carbocycles. The number of hydrogen-bond donors (Lipinski definition) is 0. The van der Waals surface area contributed by atoms with Crippen molar-refractivity contribution in [2.75, 3.05) is 0 Å². The standard InChI is InChI=1S/C10H15Si/c1-9-5-7-10(8-6-9)11(2,3)4/h5-8H,1H2,2-4H3/q+1. The van der Waals surface area contributed by atoms with E-state index in [0.717, 1.165) is 5.56 Å². The summed E-state index contributed by atoms with van der Waals surface area (Å²) in [6, 6.07) is 8.59. The zero-order valence-corrected chi connectivity index (χ0v) is 8.52. The zero-order chi connectivity index (χ0) is 8.48. The van der Waals surface area contributed by atoms with Crippen molar-refractivity contribution in [2.24, 2.45) is 0 Å². The highest BCUT2D eigenvalue weighted by atomic mass is 28.3. The Morgan fingerprint density at radius 3 is 1.82 bits per heavy atom. The second-order valence-corrected chi connectivity index (χ2v) is 9.02. The molecule has 0 amide bonds. The molecule has 58 valence electrons. The molecule has 0 bridgehead atoms. The smallest absolute Gasteiger partial charge is 0.0655 e. The number of benzene rings is 1. The number of rotatable bonds is 1. The van der Waals surface area contributed by atoms with Crippen LogP contribution in [0.1, 0.15) is 5.56 Å². The quantitative estimate of drug-likeness (QED) is 0.440. The summed E-state index contributed by atoms with van der Waals surface area (Å²) in [5.74, 6) is 0. The lowest BCUT2D eigenvalue weighted by molar-refractivity contribution is 1.61. The molecule has 0 unspecified atom stereocenters. The van der Waals surface area contributed by atoms with Gasteiger partial charge in [0.25, 0.3) is 0 Å². The Morgan fingerprint density at radius 1 is 1.00 bits per heavy atom. The van der Waals surface area contributed by atoms with Crippen molar-refractivity contribution in [1.29, 1.82) is 0 Å². The summed E-state index contributed by atoms with van der Waals surface area (Å²) >= 11 is 0. The highest BCUT2D eigenvalue weighted by Gasteiger charge is 2.16. The Kier molecular flexibility index (Phi) is 2.09. The summed E-state index contributed by atoms with van der Waals surface area (Å²) in [5.41, 5.74) is 1.10. The second-order valence-electron chi connectivity index (χ2n) is 3.95. The summed E-state index contributed by atoms with van der Waals surface area (Å²) < 4.78 is 0. The van der Waals surface area contributed by atoms with Crippen molar-refractivity contribution in [2.45, 2.75) is 19.6 Å². The first-order chi connectivity index (χ1) is 5.00. The van der Waals surface area contributed by atoms with Crippen LogP contribution in [0.15, 0.2) is 24.3 Å². The van der Waals surface area contributed by atoms with Crippen molar-refractivity contribution in [1.82, 2.24) is 0 Å². The minimum Gasteiger partial charge on any atom is -0.0655 e. The molecular weight excluding hydrogens is 148 g/mol. The minimum absolute atomic E-state index is 1.08. The summed E-state index contributed by atoms with van der Waals surface area (Å²) in [4.78, 5) is 0. The van der Waals surface area contributed by atoms with Crippen molar-refractivity contribution < 1.29 is 0 Å². The first-order valence-electron chi connectivity index (χ1n) is 3.92. The fraction of sp³-hybridized carbons (Fsp3) is 0.300. The van der Waals surface area contributed by atoms with E-state index in [2.05, 4.69) is 50.8 Å². The van der Waals surface area contributed by atoms with E-state index in [1.165, 1.54) is 5.19 Å². The molecule has 0 N–H and O–H groups in total. The lowest BCUT2D eigenvalue weighted by atomic mass is 10.2. The van der Waals surface area contributed by atoms with E-state index < -0.39 is 8.07 Å². The third kappa shape index (κ3) is 2.12. The maximum atomic E-state index is 3.86. The SMILES string of the molecule is [CH2+]c1ccc([Si](C)(C)C)cc1. The van der Waals surface area contributed by atoms with Crippen LogP contribution in [0.4, 0.5) is 0 Å². The predicted molar refractivity (Wildman–Crippen MR) is 53.9 cm³/mol. The van der Waals surface area contributed by atoms with Gasteiger partial charge in [-0.1, -0.05) is 19.6 Å². The average Bonchev–Trinajstić information content (AvgIpc) is 1.86. The van der Waals surface area contributed by atoms with Crippen LogP contribution in [-0.2, 0) is 0 Å². The van der Waals surface area contributed by atoms with Crippen LogP contribution >= 0.6 is 0 Å². The fourth-order valence-electron chi connectivity index (χ4n) is 1.00. The van der Waals surface area contributed by atoms with Crippen molar-refractivity contribution in [3.05, 3.63) is 36.8 Å². The highest BCUT2D eigenvalue weighted by Crippen LogP contribution is 2.03. The van der Waals surface area contributed by atoms with Gasteiger partial charge in [-0.05, 0) is 17.3 Å². The monoisotopic (exact) mass is 163 g/mol. The van der Waals surface area contributed by atoms with Gasteiger partial charge in [-0.2, -0.15) is 0 Å². The fourth-order valence-corrected chi connectivity index (χ4v) is 2.17. The van der Waals surface area contributed by atoms with Crippen LogP contribution in [0.3, 0.4) is 0 Å². The predicted octanol–water partition coefficient (Wildman–Crippen LogP) is 2.41. The number of hydrogen-bond acceptors (Lipinski definition) is 0. The summed E-state index contributed by atoms with van der Waals surface area (Å²) in [7, 11) is -1.08. The Labute approximate surface area is 70.3 Å². The van der Waals surface area contributed by atoms with Crippen LogP contribution in [0.25, 0.3) is 0 Å². The second kappa shape index (κ2) is 2.74. The minimum atomic E-state index is -1.08. The van der Waals surface area contributed by atoms with Gasteiger partial charge in [0.15, 0.2) is 0 Å². The molecule has 0 nitrogen and oxygen atoms in total. The van der Waals surface area contributed by atoms with Gasteiger partial charge >= 0.3 is 0 Å². The summed E-state index contributed by atoms with van der Waals surface area (Å²) in [6.45, 7) is 10.9. The van der Waals surface area contributed by atoms with E-state index in [4.69, 9.17) is 0 Å². The molecule has 11 heavy (non-hydrogen) atoms. The normalized spacial score (nSPS) is 11.5. The zero-order valence-electron chi connectivity index (χ0n) is 7.52. The highest BCUT2D eigenvalue weighted by molar-refractivity contribution is 6.88. The van der Waals surface area contributed by atoms with Crippen LogP contribution in [0, 0.1) is 6.92 Å². The van der Waals surface area contributed by atoms with Gasteiger partial charge in [-0.3, -0.25) is 0 Å². The molecule has 0 aliphatic heterocycles. The van der Waals surface area contributed by atoms with E-state index in [9.17, 15) is 0 Å². The molecule has 1 heteroatoms. The third-order valence-electron chi connectivity index (χ3n) is 1.82. The maximum Gasteiger partial charge on any atom is 0.126 e. The molecular formula is C10H15Si+. The lowest BCUT2D eigenvalue weighted by Crippen LogP contribution is -2.37. The van der Waals surface area contributed by atoms with Gasteiger partial charge < -0.3 is 0 Å². The van der Waals surface area contributed by atoms with E-state index in [-0.39, 0.29) is 0 Å². The Balaban J connectivity index is 2.99. The van der Waals surface area contributed by atoms with Crippen LogP contribution in [-0.4, -0.2) is 8.07 Å². The molecule has 0 saturated carbocycles. The van der Waals surface area contributed by atoms with Gasteiger partial charge in [-0.15, -0.1) is 0 Å². The van der Waals surface area contributed by atoms with Crippen molar-refractivity contribution >= 4 is 13.3 Å². The molecule has 0 saturated heterocycles. The van der Waals surface area contributed by atoms with E-state index >= 15 is 0 Å². The van der Waals surface area contributed by atoms with E-state index in [1.807, 2.05) is 0 Å². The largest absolute Gasteiger partial charge is 0.126 e. The van der Waals surface area contributed by atoms with Crippen molar-refractivity contribution in [3.8, 4) is 0 Å². The molecule has 0 spiro atoms. The Morgan fingerprint density at radius 2 is 1.45 bits per heavy atom. The molecule has 0 aromatic heterocycles. The molecule has 0 atom stereocenters. The van der Waals surface area contributed by atoms with E-state index in [1.54, 1.807) is 0 Å². The maximum absolute atomic E-state index is 3.86. The third-order valence-corrected chi connectivity index (χ3v) is 3.89. The first kappa shape index (κ1) is 8.40. The molecule has 0 aliphatic rings. The molecule has 0 radical (unpaired) electrons. The van der Waals surface area contributed by atoms with Gasteiger partial charge in [0.05, 0.1) is 8.07 Å². The molecule has 1 aromatic rings.